The highest BCUT2D eigenvalue weighted by molar-refractivity contribution is 7.89. The van der Waals surface area contributed by atoms with Crippen LogP contribution in [0.25, 0.3) is 10.2 Å². The summed E-state index contributed by atoms with van der Waals surface area (Å²) in [6.45, 7) is 0.768. The first-order valence-corrected chi connectivity index (χ1v) is 11.5. The Morgan fingerprint density at radius 1 is 1.14 bits per heavy atom. The van der Waals surface area contributed by atoms with Crippen LogP contribution in [0, 0.1) is 0 Å². The van der Waals surface area contributed by atoms with Gasteiger partial charge in [-0.3, -0.25) is 4.79 Å². The van der Waals surface area contributed by atoms with E-state index >= 15 is 0 Å². The standard InChI is InChI=1S/C20H21N3O3S2/c24-19(12-13-21-28(25,26)15-7-2-1-3-8-15)23-14-6-10-17(23)20-22-16-9-4-5-11-18(16)27-20/h1-5,7-9,11,17,21H,6,10,12-14H2/t17-/m1/s1. The number of rotatable bonds is 6. The summed E-state index contributed by atoms with van der Waals surface area (Å²) in [6.07, 6.45) is 1.96. The lowest BCUT2D eigenvalue weighted by Crippen LogP contribution is -2.34. The molecule has 0 radical (unpaired) electrons. The van der Waals surface area contributed by atoms with Gasteiger partial charge in [0.1, 0.15) is 5.01 Å². The molecule has 6 nitrogen and oxygen atoms in total. The molecule has 1 atom stereocenters. The SMILES string of the molecule is O=C(CCNS(=O)(=O)c1ccccc1)N1CCC[C@@H]1c1nc2ccccc2s1. The number of likely N-dealkylation sites (tertiary alicyclic amines) is 1. The molecule has 1 saturated heterocycles. The van der Waals surface area contributed by atoms with Crippen LogP contribution in [-0.2, 0) is 14.8 Å². The van der Waals surface area contributed by atoms with Gasteiger partial charge in [-0.05, 0) is 37.1 Å². The van der Waals surface area contributed by atoms with Crippen LogP contribution in [0.3, 0.4) is 0 Å². The zero-order valence-electron chi connectivity index (χ0n) is 15.2. The Kier molecular flexibility index (Phi) is 5.43. The number of thiazole rings is 1. The molecule has 2 aromatic carbocycles. The number of nitrogens with one attached hydrogen (secondary N) is 1. The van der Waals surface area contributed by atoms with Gasteiger partial charge < -0.3 is 4.90 Å². The van der Waals surface area contributed by atoms with Gasteiger partial charge in [0.15, 0.2) is 0 Å². The van der Waals surface area contributed by atoms with E-state index in [1.165, 1.54) is 12.1 Å². The molecule has 3 aromatic rings. The maximum absolute atomic E-state index is 12.7. The van der Waals surface area contributed by atoms with E-state index in [1.54, 1.807) is 29.5 Å². The first-order chi connectivity index (χ1) is 13.5. The molecule has 1 amide bonds. The molecule has 28 heavy (non-hydrogen) atoms. The molecule has 0 aliphatic carbocycles. The van der Waals surface area contributed by atoms with Crippen molar-refractivity contribution >= 4 is 37.5 Å². The normalized spacial score (nSPS) is 17.3. The third kappa shape index (κ3) is 3.94. The van der Waals surface area contributed by atoms with Crippen molar-refractivity contribution in [3.8, 4) is 0 Å². The van der Waals surface area contributed by atoms with E-state index in [4.69, 9.17) is 4.98 Å². The fraction of sp³-hybridized carbons (Fsp3) is 0.300. The van der Waals surface area contributed by atoms with Crippen LogP contribution >= 0.6 is 11.3 Å². The van der Waals surface area contributed by atoms with E-state index in [9.17, 15) is 13.2 Å². The van der Waals surface area contributed by atoms with Crippen LogP contribution in [0.1, 0.15) is 30.3 Å². The van der Waals surface area contributed by atoms with Gasteiger partial charge in [-0.1, -0.05) is 30.3 Å². The maximum Gasteiger partial charge on any atom is 0.240 e. The van der Waals surface area contributed by atoms with E-state index in [1.807, 2.05) is 29.2 Å². The molecule has 4 rings (SSSR count). The molecular weight excluding hydrogens is 394 g/mol. The van der Waals surface area contributed by atoms with Crippen LogP contribution in [0.5, 0.6) is 0 Å². The van der Waals surface area contributed by atoms with Crippen molar-refractivity contribution in [2.75, 3.05) is 13.1 Å². The number of aromatic nitrogens is 1. The Labute approximate surface area is 168 Å². The van der Waals surface area contributed by atoms with Crippen LogP contribution in [0.15, 0.2) is 59.5 Å². The summed E-state index contributed by atoms with van der Waals surface area (Å²) in [5.41, 5.74) is 0.956. The van der Waals surface area contributed by atoms with Crippen LogP contribution in [-0.4, -0.2) is 37.3 Å². The molecule has 1 N–H and O–H groups in total. The van der Waals surface area contributed by atoms with Crippen molar-refractivity contribution in [2.24, 2.45) is 0 Å². The van der Waals surface area contributed by atoms with Gasteiger partial charge in [0.2, 0.25) is 15.9 Å². The van der Waals surface area contributed by atoms with Crippen LogP contribution in [0.4, 0.5) is 0 Å². The summed E-state index contributed by atoms with van der Waals surface area (Å²) in [6, 6.07) is 16.1. The van der Waals surface area contributed by atoms with Gasteiger partial charge in [0.05, 0.1) is 21.2 Å². The van der Waals surface area contributed by atoms with E-state index in [-0.39, 0.29) is 29.8 Å². The summed E-state index contributed by atoms with van der Waals surface area (Å²) in [5.74, 6) is -0.0440. The summed E-state index contributed by atoms with van der Waals surface area (Å²) in [4.78, 5) is 19.5. The molecule has 1 fully saturated rings. The largest absolute Gasteiger partial charge is 0.333 e. The lowest BCUT2D eigenvalue weighted by molar-refractivity contribution is -0.131. The van der Waals surface area contributed by atoms with Gasteiger partial charge >= 0.3 is 0 Å². The third-order valence-corrected chi connectivity index (χ3v) is 7.47. The van der Waals surface area contributed by atoms with Crippen molar-refractivity contribution in [3.05, 3.63) is 59.6 Å². The predicted octanol–water partition coefficient (Wildman–Crippen LogP) is 3.33. The third-order valence-electron chi connectivity index (χ3n) is 4.85. The number of amides is 1. The first-order valence-electron chi connectivity index (χ1n) is 9.24. The number of para-hydroxylation sites is 1. The van der Waals surface area contributed by atoms with E-state index < -0.39 is 10.0 Å². The van der Waals surface area contributed by atoms with Crippen molar-refractivity contribution in [1.29, 1.82) is 0 Å². The number of nitrogens with zero attached hydrogens (tertiary/aromatic N) is 2. The molecule has 0 spiro atoms. The number of hydrogen-bond acceptors (Lipinski definition) is 5. The summed E-state index contributed by atoms with van der Waals surface area (Å²) < 4.78 is 28.2. The smallest absolute Gasteiger partial charge is 0.240 e. The monoisotopic (exact) mass is 415 g/mol. The molecule has 1 aliphatic heterocycles. The Morgan fingerprint density at radius 2 is 1.89 bits per heavy atom. The summed E-state index contributed by atoms with van der Waals surface area (Å²) in [5, 5.41) is 0.955. The lowest BCUT2D eigenvalue weighted by Gasteiger charge is -2.23. The van der Waals surface area contributed by atoms with Gasteiger partial charge in [-0.15, -0.1) is 11.3 Å². The molecule has 1 aliphatic rings. The Morgan fingerprint density at radius 3 is 2.68 bits per heavy atom. The number of benzene rings is 2. The minimum Gasteiger partial charge on any atom is -0.333 e. The van der Waals surface area contributed by atoms with Crippen LogP contribution in [0.2, 0.25) is 0 Å². The average molecular weight is 416 g/mol. The van der Waals surface area contributed by atoms with Gasteiger partial charge in [0, 0.05) is 19.5 Å². The zero-order chi connectivity index (χ0) is 19.6. The molecule has 146 valence electrons. The van der Waals surface area contributed by atoms with E-state index in [2.05, 4.69) is 4.72 Å². The minimum absolute atomic E-state index is 0.0179. The molecule has 2 heterocycles. The van der Waals surface area contributed by atoms with E-state index in [0.717, 1.165) is 28.1 Å². The molecule has 0 bridgehead atoms. The highest BCUT2D eigenvalue weighted by Crippen LogP contribution is 2.36. The molecule has 8 heteroatoms. The first kappa shape index (κ1) is 19.0. The highest BCUT2D eigenvalue weighted by atomic mass is 32.2. The number of carbonyl (C=O) groups is 1. The second-order valence-corrected chi connectivity index (χ2v) is 9.55. The molecule has 1 aromatic heterocycles. The molecule has 0 unspecified atom stereocenters. The number of hydrogen-bond donors (Lipinski definition) is 1. The van der Waals surface area contributed by atoms with Gasteiger partial charge in [0.25, 0.3) is 0 Å². The number of sulfonamides is 1. The molecule has 0 saturated carbocycles. The number of fused-ring (bicyclic) bond motifs is 1. The molecular formula is C20H21N3O3S2. The Hall–Kier alpha value is -2.29. The maximum atomic E-state index is 12.7. The second-order valence-electron chi connectivity index (χ2n) is 6.73. The summed E-state index contributed by atoms with van der Waals surface area (Å²) in [7, 11) is -3.59. The van der Waals surface area contributed by atoms with Crippen molar-refractivity contribution in [2.45, 2.75) is 30.2 Å². The number of carbonyl (C=O) groups excluding carboxylic acids is 1. The second kappa shape index (κ2) is 7.98. The summed E-state index contributed by atoms with van der Waals surface area (Å²) >= 11 is 1.62. The van der Waals surface area contributed by atoms with Crippen LogP contribution < -0.4 is 4.72 Å². The topological polar surface area (TPSA) is 79.4 Å². The Bertz CT molecular complexity index is 1050. The zero-order valence-corrected chi connectivity index (χ0v) is 16.9. The fourth-order valence-corrected chi connectivity index (χ4v) is 5.64. The quantitative estimate of drug-likeness (QED) is 0.670. The van der Waals surface area contributed by atoms with Gasteiger partial charge in [-0.2, -0.15) is 0 Å². The average Bonchev–Trinajstić information content (AvgIpc) is 3.35. The Balaban J connectivity index is 1.40. The van der Waals surface area contributed by atoms with Gasteiger partial charge in [-0.25, -0.2) is 18.1 Å². The fourth-order valence-electron chi connectivity index (χ4n) is 3.47. The van der Waals surface area contributed by atoms with E-state index in [0.29, 0.717) is 6.54 Å². The van der Waals surface area contributed by atoms with Crippen molar-refractivity contribution < 1.29 is 13.2 Å². The van der Waals surface area contributed by atoms with Crippen molar-refractivity contribution in [3.63, 3.8) is 0 Å². The lowest BCUT2D eigenvalue weighted by atomic mass is 10.2. The minimum atomic E-state index is -3.59. The van der Waals surface area contributed by atoms with Crippen molar-refractivity contribution in [1.82, 2.24) is 14.6 Å². The highest BCUT2D eigenvalue weighted by Gasteiger charge is 2.32. The predicted molar refractivity (Wildman–Crippen MR) is 110 cm³/mol.